The quantitative estimate of drug-likeness (QED) is 0.131. The van der Waals surface area contributed by atoms with Crippen LogP contribution in [0.2, 0.25) is 0 Å². The molecular weight excluding hydrogens is 851 g/mol. The number of likely N-dealkylation sites (N-methyl/N-ethyl adjacent to an activating group) is 1. The number of amides is 4. The number of rotatable bonds is 9. The van der Waals surface area contributed by atoms with E-state index in [1.165, 1.54) is 16.0 Å². The molecule has 6 bridgehead atoms. The molecule has 0 aliphatic carbocycles. The number of hydrazine groups is 1. The van der Waals surface area contributed by atoms with E-state index in [1.807, 2.05) is 38.2 Å². The number of phenols is 1. The fraction of sp³-hybridized carbons (Fsp3) is 0.500. The Kier molecular flexibility index (Phi) is 13.9. The fourth-order valence-electron chi connectivity index (χ4n) is 10.6. The molecule has 0 radical (unpaired) electrons. The van der Waals surface area contributed by atoms with Gasteiger partial charge in [0.05, 0.1) is 23.9 Å². The Balaban J connectivity index is 1.20. The summed E-state index contributed by atoms with van der Waals surface area (Å²) in [6.07, 6.45) is 6.74. The summed E-state index contributed by atoms with van der Waals surface area (Å²) in [4.78, 5) is 77.4. The van der Waals surface area contributed by atoms with Crippen LogP contribution in [0.4, 0.5) is 0 Å². The SMILES string of the molecule is C=CC(=O)N1CC[C@H](C(=O)N(C)C(C(=O)N[C@H]2Cc3cc(O)cc(c3)-c3ccc4c(c3)c(c(-c3cccnc3[C@@H]3CCCO3)n4CC)CC(C)(C)COC(=O)[C@@H]3CCCN(N3)C2=O)C(C)C)C1. The Labute approximate surface area is 392 Å². The van der Waals surface area contributed by atoms with E-state index in [0.717, 1.165) is 57.4 Å². The van der Waals surface area contributed by atoms with Gasteiger partial charge in [0, 0.05) is 74.3 Å². The third-order valence-corrected chi connectivity index (χ3v) is 13.9. The number of pyridine rings is 1. The molecule has 4 amide bonds. The van der Waals surface area contributed by atoms with Crippen LogP contribution in [0.25, 0.3) is 33.3 Å². The van der Waals surface area contributed by atoms with Crippen molar-refractivity contribution >= 4 is 40.5 Å². The zero-order valence-electron chi connectivity index (χ0n) is 39.7. The number of benzene rings is 2. The minimum atomic E-state index is -1.16. The number of ether oxygens (including phenoxy) is 2. The van der Waals surface area contributed by atoms with E-state index in [-0.39, 0.29) is 55.7 Å². The van der Waals surface area contributed by atoms with Gasteiger partial charge in [-0.3, -0.25) is 34.0 Å². The first-order chi connectivity index (χ1) is 32.1. The smallest absolute Gasteiger partial charge is 0.324 e. The van der Waals surface area contributed by atoms with Gasteiger partial charge in [-0.25, -0.2) is 5.43 Å². The van der Waals surface area contributed by atoms with Gasteiger partial charge in [-0.1, -0.05) is 46.4 Å². The lowest BCUT2D eigenvalue weighted by Gasteiger charge is -2.37. The third kappa shape index (κ3) is 9.85. The fourth-order valence-corrected chi connectivity index (χ4v) is 10.6. The molecule has 4 aliphatic heterocycles. The van der Waals surface area contributed by atoms with Crippen molar-refractivity contribution in [2.45, 2.75) is 110 Å². The van der Waals surface area contributed by atoms with Gasteiger partial charge in [-0.05, 0) is 116 Å². The zero-order valence-corrected chi connectivity index (χ0v) is 39.7. The van der Waals surface area contributed by atoms with Gasteiger partial charge in [0.15, 0.2) is 0 Å². The van der Waals surface area contributed by atoms with E-state index in [0.29, 0.717) is 50.9 Å². The number of cyclic esters (lactones) is 1. The Bertz CT molecular complexity index is 2560. The number of nitrogens with one attached hydrogen (secondary N) is 2. The van der Waals surface area contributed by atoms with E-state index in [2.05, 4.69) is 60.9 Å². The lowest BCUT2D eigenvalue weighted by molar-refractivity contribution is -0.155. The summed E-state index contributed by atoms with van der Waals surface area (Å²) in [7, 11) is 1.58. The number of carbonyl (C=O) groups excluding carboxylic acids is 5. The monoisotopic (exact) mass is 915 g/mol. The van der Waals surface area contributed by atoms with E-state index in [4.69, 9.17) is 14.5 Å². The summed E-state index contributed by atoms with van der Waals surface area (Å²) in [6, 6.07) is 12.7. The Morgan fingerprint density at radius 1 is 1.06 bits per heavy atom. The summed E-state index contributed by atoms with van der Waals surface area (Å²) in [6.45, 7) is 16.0. The molecule has 356 valence electrons. The molecule has 4 aromatic rings. The molecule has 2 aromatic heterocycles. The maximum Gasteiger partial charge on any atom is 0.324 e. The summed E-state index contributed by atoms with van der Waals surface area (Å²) < 4.78 is 14.7. The number of esters is 1. The van der Waals surface area contributed by atoms with Crippen LogP contribution in [-0.4, -0.2) is 117 Å². The predicted molar refractivity (Wildman–Crippen MR) is 254 cm³/mol. The van der Waals surface area contributed by atoms with Gasteiger partial charge in [0.25, 0.3) is 5.91 Å². The topological polar surface area (TPSA) is 176 Å². The molecule has 0 saturated carbocycles. The Hall–Kier alpha value is -6.06. The summed E-state index contributed by atoms with van der Waals surface area (Å²) in [5.74, 6) is -2.83. The second-order valence-electron chi connectivity index (χ2n) is 19.8. The average Bonchev–Trinajstić information content (AvgIpc) is 4.10. The number of nitrogens with zero attached hydrogens (tertiary/aromatic N) is 5. The number of hydrogen-bond acceptors (Lipinski definition) is 10. The standard InChI is InChI=1S/C52H65N7O8/c1-8-44(61)57-21-18-34(29-57)49(63)56(7)46(31(3)4)48(62)54-41-25-32-23-35(26-36(60)24-32)33-16-17-42-38(27-33)39(28-52(5,6)30-67-51(65)40-14-11-20-59(55-40)50(41)64)47(58(42)9-2)37-13-10-19-53-45(37)43-15-12-22-66-43/h8,10,13,16-17,19,23-24,26-27,31,34,40-41,43,46,55,60H,1,9,11-12,14-15,18,20-22,25,28-30H2,2-7H3,(H,54,62)/t34-,40-,41-,43-,46?/m0/s1. The minimum Gasteiger partial charge on any atom is -0.508 e. The summed E-state index contributed by atoms with van der Waals surface area (Å²) in [5.41, 5.74) is 9.82. The molecule has 67 heavy (non-hydrogen) atoms. The number of aromatic nitrogens is 2. The number of phenolic OH excluding ortho intramolecular Hbond substituents is 1. The maximum absolute atomic E-state index is 14.7. The highest BCUT2D eigenvalue weighted by molar-refractivity contribution is 5.96. The van der Waals surface area contributed by atoms with Crippen LogP contribution in [0.15, 0.2) is 67.4 Å². The van der Waals surface area contributed by atoms with Crippen molar-refractivity contribution in [3.05, 3.63) is 84.2 Å². The van der Waals surface area contributed by atoms with Gasteiger partial charge < -0.3 is 34.3 Å². The molecule has 2 aromatic carbocycles. The van der Waals surface area contributed by atoms with Crippen LogP contribution in [0.3, 0.4) is 0 Å². The van der Waals surface area contributed by atoms with Crippen molar-refractivity contribution in [3.63, 3.8) is 0 Å². The van der Waals surface area contributed by atoms with E-state index < -0.39 is 47.2 Å². The first-order valence-corrected chi connectivity index (χ1v) is 23.8. The van der Waals surface area contributed by atoms with Crippen molar-refractivity contribution in [3.8, 4) is 28.1 Å². The molecule has 0 spiro atoms. The van der Waals surface area contributed by atoms with Crippen molar-refractivity contribution in [1.82, 2.24) is 35.1 Å². The van der Waals surface area contributed by atoms with Crippen LogP contribution in [0.5, 0.6) is 5.75 Å². The first kappa shape index (κ1) is 47.4. The highest BCUT2D eigenvalue weighted by Gasteiger charge is 2.40. The molecule has 3 fully saturated rings. The largest absolute Gasteiger partial charge is 0.508 e. The van der Waals surface area contributed by atoms with Crippen LogP contribution < -0.4 is 10.7 Å². The molecule has 15 nitrogen and oxygen atoms in total. The summed E-state index contributed by atoms with van der Waals surface area (Å²) in [5, 5.41) is 16.8. The average molecular weight is 916 g/mol. The van der Waals surface area contributed by atoms with E-state index in [9.17, 15) is 29.1 Å². The van der Waals surface area contributed by atoms with Crippen LogP contribution in [-0.2, 0) is 52.8 Å². The Morgan fingerprint density at radius 2 is 1.87 bits per heavy atom. The number of aryl methyl sites for hydroxylation is 1. The summed E-state index contributed by atoms with van der Waals surface area (Å²) >= 11 is 0. The van der Waals surface area contributed by atoms with Crippen molar-refractivity contribution in [2.75, 3.05) is 39.9 Å². The molecule has 6 heterocycles. The number of carbonyl (C=O) groups is 5. The molecule has 8 rings (SSSR count). The molecule has 4 aliphatic rings. The zero-order chi connectivity index (χ0) is 47.7. The number of fused-ring (bicyclic) bond motifs is 6. The first-order valence-electron chi connectivity index (χ1n) is 23.8. The van der Waals surface area contributed by atoms with Crippen molar-refractivity contribution in [2.24, 2.45) is 17.3 Å². The molecule has 1 unspecified atom stereocenters. The van der Waals surface area contributed by atoms with Crippen LogP contribution in [0, 0.1) is 17.3 Å². The molecular formula is C52H65N7O8. The van der Waals surface area contributed by atoms with Crippen molar-refractivity contribution < 1.29 is 38.6 Å². The third-order valence-electron chi connectivity index (χ3n) is 13.9. The second-order valence-corrected chi connectivity index (χ2v) is 19.8. The van der Waals surface area contributed by atoms with E-state index in [1.54, 1.807) is 24.1 Å². The predicted octanol–water partition coefficient (Wildman–Crippen LogP) is 6.11. The minimum absolute atomic E-state index is 0.00546. The van der Waals surface area contributed by atoms with Gasteiger partial charge in [0.2, 0.25) is 17.7 Å². The van der Waals surface area contributed by atoms with Gasteiger partial charge in [-0.2, -0.15) is 0 Å². The number of likely N-dealkylation sites (tertiary alicyclic amines) is 1. The molecule has 3 saturated heterocycles. The number of aromatic hydroxyl groups is 1. The molecule has 5 atom stereocenters. The second kappa shape index (κ2) is 19.7. The highest BCUT2D eigenvalue weighted by atomic mass is 16.5. The normalized spacial score (nSPS) is 22.6. The van der Waals surface area contributed by atoms with Crippen molar-refractivity contribution in [1.29, 1.82) is 0 Å². The van der Waals surface area contributed by atoms with Gasteiger partial charge >= 0.3 is 5.97 Å². The lowest BCUT2D eigenvalue weighted by Crippen LogP contribution is -2.62. The molecule has 15 heteroatoms. The number of hydrogen-bond donors (Lipinski definition) is 3. The lowest BCUT2D eigenvalue weighted by atomic mass is 9.84. The van der Waals surface area contributed by atoms with E-state index >= 15 is 0 Å². The van der Waals surface area contributed by atoms with Gasteiger partial charge in [-0.15, -0.1) is 0 Å². The highest BCUT2D eigenvalue weighted by Crippen LogP contribution is 2.43. The maximum atomic E-state index is 14.7. The molecule has 3 N–H and O–H groups in total. The van der Waals surface area contributed by atoms with Crippen LogP contribution in [0.1, 0.15) is 89.6 Å². The van der Waals surface area contributed by atoms with Crippen LogP contribution >= 0.6 is 0 Å². The van der Waals surface area contributed by atoms with Gasteiger partial charge in [0.1, 0.15) is 30.0 Å². The Morgan fingerprint density at radius 3 is 2.60 bits per heavy atom.